The van der Waals surface area contributed by atoms with Crippen LogP contribution in [0.1, 0.15) is 47.8 Å². The van der Waals surface area contributed by atoms with Crippen LogP contribution < -0.4 is 10.6 Å². The van der Waals surface area contributed by atoms with E-state index in [0.717, 1.165) is 5.56 Å². The maximum absolute atomic E-state index is 12.6. The van der Waals surface area contributed by atoms with E-state index >= 15 is 0 Å². The standard InChI is InChI=1S/C28H30N6O5/c1-17(18-8-4-2-5-9-18)14-29-21(35)13-12-20-23(36)24(37)28(39-20)34-16-32-22-25(30-15-31-26(22)34)33-27(38)19-10-6-3-7-11-19/h2-11,15-17,20,23-24,28,36-37H,12-14H2,1H3,(H,29,35)(H,30,31,33,38)/t17?,20-,23-,24-,28-/m1/s1. The van der Waals surface area contributed by atoms with Crippen LogP contribution in [0.25, 0.3) is 11.2 Å². The molecule has 11 nitrogen and oxygen atoms in total. The lowest BCUT2D eigenvalue weighted by Crippen LogP contribution is -2.33. The first-order chi connectivity index (χ1) is 18.9. The summed E-state index contributed by atoms with van der Waals surface area (Å²) in [5.74, 6) is -0.146. The number of nitrogens with zero attached hydrogens (tertiary/aromatic N) is 4. The zero-order valence-corrected chi connectivity index (χ0v) is 21.3. The Morgan fingerprint density at radius 3 is 2.46 bits per heavy atom. The van der Waals surface area contributed by atoms with Gasteiger partial charge in [0.05, 0.1) is 12.4 Å². The summed E-state index contributed by atoms with van der Waals surface area (Å²) in [4.78, 5) is 37.8. The Labute approximate surface area is 224 Å². The van der Waals surface area contributed by atoms with Crippen molar-refractivity contribution in [2.75, 3.05) is 11.9 Å². The Morgan fingerprint density at radius 2 is 1.72 bits per heavy atom. The van der Waals surface area contributed by atoms with Crippen LogP contribution in [0.2, 0.25) is 0 Å². The number of fused-ring (bicyclic) bond motifs is 1. The Morgan fingerprint density at radius 1 is 1.00 bits per heavy atom. The number of amides is 2. The van der Waals surface area contributed by atoms with Crippen molar-refractivity contribution in [2.45, 2.75) is 50.2 Å². The lowest BCUT2D eigenvalue weighted by Gasteiger charge is -2.16. The molecule has 2 aromatic heterocycles. The number of carbonyl (C=O) groups excluding carboxylic acids is 2. The molecule has 1 unspecified atom stereocenters. The van der Waals surface area contributed by atoms with Crippen molar-refractivity contribution in [3.8, 4) is 0 Å². The number of aromatic nitrogens is 4. The van der Waals surface area contributed by atoms with Crippen molar-refractivity contribution in [3.05, 3.63) is 84.4 Å². The molecule has 5 rings (SSSR count). The van der Waals surface area contributed by atoms with E-state index in [1.165, 1.54) is 17.2 Å². The quantitative estimate of drug-likeness (QED) is 0.258. The first kappa shape index (κ1) is 26.4. The van der Waals surface area contributed by atoms with Gasteiger partial charge in [0.1, 0.15) is 18.5 Å². The van der Waals surface area contributed by atoms with Gasteiger partial charge in [-0.05, 0) is 30.0 Å². The van der Waals surface area contributed by atoms with Crippen molar-refractivity contribution in [1.29, 1.82) is 0 Å². The first-order valence-electron chi connectivity index (χ1n) is 12.8. The fourth-order valence-electron chi connectivity index (χ4n) is 4.62. The molecule has 2 amide bonds. The minimum atomic E-state index is -1.27. The molecule has 1 aliphatic rings. The smallest absolute Gasteiger partial charge is 0.256 e. The van der Waals surface area contributed by atoms with Gasteiger partial charge in [-0.3, -0.25) is 14.2 Å². The molecule has 3 heterocycles. The van der Waals surface area contributed by atoms with Crippen molar-refractivity contribution in [3.63, 3.8) is 0 Å². The molecular weight excluding hydrogens is 500 g/mol. The molecule has 11 heteroatoms. The number of anilines is 1. The highest BCUT2D eigenvalue weighted by molar-refractivity contribution is 6.06. The van der Waals surface area contributed by atoms with Gasteiger partial charge in [0.2, 0.25) is 5.91 Å². The highest BCUT2D eigenvalue weighted by Crippen LogP contribution is 2.34. The predicted octanol–water partition coefficient (Wildman–Crippen LogP) is 2.40. The number of hydrogen-bond acceptors (Lipinski definition) is 8. The van der Waals surface area contributed by atoms with Crippen LogP contribution in [-0.4, -0.2) is 66.4 Å². The summed E-state index contributed by atoms with van der Waals surface area (Å²) in [7, 11) is 0. The van der Waals surface area contributed by atoms with Crippen LogP contribution in [-0.2, 0) is 9.53 Å². The molecule has 0 saturated carbocycles. The number of ether oxygens (including phenoxy) is 1. The summed E-state index contributed by atoms with van der Waals surface area (Å²) < 4.78 is 7.46. The molecule has 0 spiro atoms. The Kier molecular flexibility index (Phi) is 7.92. The summed E-state index contributed by atoms with van der Waals surface area (Å²) in [6.07, 6.45) is -1.18. The second kappa shape index (κ2) is 11.7. The van der Waals surface area contributed by atoms with E-state index in [4.69, 9.17) is 4.74 Å². The normalized spacial score (nSPS) is 21.5. The van der Waals surface area contributed by atoms with Crippen molar-refractivity contribution >= 4 is 28.8 Å². The summed E-state index contributed by atoms with van der Waals surface area (Å²) in [6.45, 7) is 2.53. The minimum Gasteiger partial charge on any atom is -0.388 e. The molecular formula is C28H30N6O5. The minimum absolute atomic E-state index is 0.130. The zero-order valence-electron chi connectivity index (χ0n) is 21.3. The van der Waals surface area contributed by atoms with E-state index in [0.29, 0.717) is 23.3 Å². The summed E-state index contributed by atoms with van der Waals surface area (Å²) in [6, 6.07) is 18.6. The van der Waals surface area contributed by atoms with E-state index in [-0.39, 0.29) is 36.4 Å². The number of benzene rings is 2. The highest BCUT2D eigenvalue weighted by atomic mass is 16.6. The fraction of sp³-hybridized carbons (Fsp3) is 0.321. The van der Waals surface area contributed by atoms with Gasteiger partial charge >= 0.3 is 0 Å². The van der Waals surface area contributed by atoms with Gasteiger partial charge in [-0.15, -0.1) is 0 Å². The molecule has 2 aromatic carbocycles. The van der Waals surface area contributed by atoms with E-state index in [2.05, 4.69) is 25.6 Å². The summed E-state index contributed by atoms with van der Waals surface area (Å²) >= 11 is 0. The second-order valence-corrected chi connectivity index (χ2v) is 9.57. The SMILES string of the molecule is CC(CNC(=O)CC[C@H]1O[C@@H](n2cnc3c(NC(=O)c4ccccc4)ncnc32)[C@H](O)[C@@H]1O)c1ccccc1. The highest BCUT2D eigenvalue weighted by Gasteiger charge is 2.44. The van der Waals surface area contributed by atoms with E-state index in [1.54, 1.807) is 24.3 Å². The van der Waals surface area contributed by atoms with Gasteiger partial charge in [-0.1, -0.05) is 55.5 Å². The van der Waals surface area contributed by atoms with Gasteiger partial charge in [-0.2, -0.15) is 0 Å². The molecule has 0 aliphatic carbocycles. The van der Waals surface area contributed by atoms with Crippen molar-refractivity contribution < 1.29 is 24.5 Å². The molecule has 5 atom stereocenters. The average Bonchev–Trinajstić information content (AvgIpc) is 3.52. The van der Waals surface area contributed by atoms with Gasteiger partial charge in [0, 0.05) is 18.5 Å². The number of carbonyl (C=O) groups is 2. The zero-order chi connectivity index (χ0) is 27.4. The molecule has 39 heavy (non-hydrogen) atoms. The van der Waals surface area contributed by atoms with Gasteiger partial charge in [0.15, 0.2) is 23.2 Å². The Bertz CT molecular complexity index is 1430. The molecule has 1 fully saturated rings. The number of imidazole rings is 1. The first-order valence-corrected chi connectivity index (χ1v) is 12.8. The molecule has 0 bridgehead atoms. The van der Waals surface area contributed by atoms with E-state index in [9.17, 15) is 19.8 Å². The van der Waals surface area contributed by atoms with Crippen LogP contribution in [0.4, 0.5) is 5.82 Å². The Balaban J connectivity index is 1.21. The summed E-state index contributed by atoms with van der Waals surface area (Å²) in [5.41, 5.74) is 2.22. The molecule has 1 saturated heterocycles. The predicted molar refractivity (Wildman–Crippen MR) is 143 cm³/mol. The number of aliphatic hydroxyl groups is 2. The average molecular weight is 531 g/mol. The fourth-order valence-corrected chi connectivity index (χ4v) is 4.62. The van der Waals surface area contributed by atoms with E-state index < -0.39 is 24.5 Å². The largest absolute Gasteiger partial charge is 0.388 e. The number of rotatable bonds is 9. The third kappa shape index (κ3) is 5.80. The van der Waals surface area contributed by atoms with Crippen LogP contribution in [0.5, 0.6) is 0 Å². The molecule has 1 aliphatic heterocycles. The maximum Gasteiger partial charge on any atom is 0.256 e. The van der Waals surface area contributed by atoms with Crippen molar-refractivity contribution in [2.24, 2.45) is 0 Å². The molecule has 202 valence electrons. The molecule has 4 N–H and O–H groups in total. The lowest BCUT2D eigenvalue weighted by atomic mass is 10.0. The third-order valence-corrected chi connectivity index (χ3v) is 6.87. The van der Waals surface area contributed by atoms with Gasteiger partial charge < -0.3 is 25.6 Å². The Hall–Kier alpha value is -4.19. The number of aliphatic hydroxyl groups excluding tert-OH is 2. The summed E-state index contributed by atoms with van der Waals surface area (Å²) in [5, 5.41) is 27.1. The van der Waals surface area contributed by atoms with Crippen LogP contribution in [0.15, 0.2) is 73.3 Å². The van der Waals surface area contributed by atoms with Gasteiger partial charge in [-0.25, -0.2) is 15.0 Å². The van der Waals surface area contributed by atoms with Crippen LogP contribution in [0, 0.1) is 0 Å². The van der Waals surface area contributed by atoms with Gasteiger partial charge in [0.25, 0.3) is 5.91 Å². The van der Waals surface area contributed by atoms with Crippen LogP contribution in [0.3, 0.4) is 0 Å². The molecule has 0 radical (unpaired) electrons. The van der Waals surface area contributed by atoms with E-state index in [1.807, 2.05) is 43.3 Å². The number of nitrogens with one attached hydrogen (secondary N) is 2. The maximum atomic E-state index is 12.6. The molecule has 4 aromatic rings. The number of hydrogen-bond donors (Lipinski definition) is 4. The third-order valence-electron chi connectivity index (χ3n) is 6.87. The lowest BCUT2D eigenvalue weighted by molar-refractivity contribution is -0.122. The monoisotopic (exact) mass is 530 g/mol. The second-order valence-electron chi connectivity index (χ2n) is 9.57. The van der Waals surface area contributed by atoms with Crippen LogP contribution >= 0.6 is 0 Å². The van der Waals surface area contributed by atoms with Crippen molar-refractivity contribution in [1.82, 2.24) is 24.8 Å². The topological polar surface area (TPSA) is 151 Å².